The number of rotatable bonds is 6. The molecule has 0 saturated carbocycles. The molecule has 8 nitrogen and oxygen atoms in total. The van der Waals surface area contributed by atoms with Gasteiger partial charge in [0, 0.05) is 22.6 Å². The molecule has 3 unspecified atom stereocenters. The molecule has 1 aliphatic carbocycles. The van der Waals surface area contributed by atoms with E-state index < -0.39 is 23.4 Å². The second kappa shape index (κ2) is 7.98. The number of guanidine groups is 1. The Bertz CT molecular complexity index is 1080. The van der Waals surface area contributed by atoms with Crippen LogP contribution in [0.1, 0.15) is 6.92 Å². The Morgan fingerprint density at radius 1 is 1.06 bits per heavy atom. The summed E-state index contributed by atoms with van der Waals surface area (Å²) in [4.78, 5) is 24.9. The highest BCUT2D eigenvalue weighted by atomic mass is 16.2. The van der Waals surface area contributed by atoms with Crippen LogP contribution in [0.4, 0.5) is 11.4 Å². The predicted octanol–water partition coefficient (Wildman–Crippen LogP) is 1.92. The Morgan fingerprint density at radius 3 is 2.29 bits per heavy atom. The lowest BCUT2D eigenvalue weighted by Gasteiger charge is -2.43. The van der Waals surface area contributed by atoms with E-state index in [1.54, 1.807) is 12.2 Å². The maximum Gasteiger partial charge on any atom is 0.254 e. The molecular weight excluding hydrogens is 392 g/mol. The summed E-state index contributed by atoms with van der Waals surface area (Å²) in [6.45, 7) is 1.86. The van der Waals surface area contributed by atoms with E-state index in [1.165, 1.54) is 0 Å². The molecule has 158 valence electrons. The summed E-state index contributed by atoms with van der Waals surface area (Å²) in [5, 5.41) is 20.0. The molecule has 3 atom stereocenters. The topological polar surface area (TPSA) is 132 Å². The molecule has 8 heteroatoms. The molecule has 0 bridgehead atoms. The van der Waals surface area contributed by atoms with Crippen LogP contribution < -0.4 is 27.0 Å². The predicted molar refractivity (Wildman–Crippen MR) is 120 cm³/mol. The number of hydrogen-bond donors (Lipinski definition) is 6. The standard InChI is InChI=1S/C23H24N6O2/c1-14(26-22(24)25)23(29-16-10-6-3-7-11-16)13-18-17(20(30)28-21(18)31)12-19(23)27-15-8-4-2-5-9-15/h2-14,17,27,29H,1H3,(H4,24,25,26)(H,28,30,31). The number of fused-ring (bicyclic) bond motifs is 1. The quantitative estimate of drug-likeness (QED) is 0.242. The van der Waals surface area contributed by atoms with E-state index in [9.17, 15) is 9.59 Å². The molecule has 31 heavy (non-hydrogen) atoms. The van der Waals surface area contributed by atoms with Gasteiger partial charge in [-0.25, -0.2) is 0 Å². The van der Waals surface area contributed by atoms with Gasteiger partial charge in [0.15, 0.2) is 5.96 Å². The Balaban J connectivity index is 1.86. The fourth-order valence-corrected chi connectivity index (χ4v) is 3.99. The third-order valence-electron chi connectivity index (χ3n) is 5.51. The molecule has 7 N–H and O–H groups in total. The van der Waals surface area contributed by atoms with Gasteiger partial charge in [-0.2, -0.15) is 0 Å². The molecular formula is C23H24N6O2. The second-order valence-electron chi connectivity index (χ2n) is 7.61. The van der Waals surface area contributed by atoms with Gasteiger partial charge in [0.05, 0.1) is 12.0 Å². The molecule has 1 saturated heterocycles. The fraction of sp³-hybridized carbons (Fsp3) is 0.174. The number of benzene rings is 2. The van der Waals surface area contributed by atoms with Crippen LogP contribution in [0.15, 0.2) is 84.1 Å². The lowest BCUT2D eigenvalue weighted by Crippen LogP contribution is -2.59. The van der Waals surface area contributed by atoms with Crippen LogP contribution in [0.5, 0.6) is 0 Å². The third kappa shape index (κ3) is 3.87. The van der Waals surface area contributed by atoms with E-state index in [0.717, 1.165) is 11.4 Å². The number of amides is 2. The Kier molecular flexibility index (Phi) is 5.21. The highest BCUT2D eigenvalue weighted by molar-refractivity contribution is 6.16. The average Bonchev–Trinajstić information content (AvgIpc) is 3.01. The number of anilines is 2. The van der Waals surface area contributed by atoms with Crippen LogP contribution in [0, 0.1) is 11.3 Å². The van der Waals surface area contributed by atoms with Crippen molar-refractivity contribution in [3.05, 3.63) is 84.1 Å². The average molecular weight is 416 g/mol. The molecule has 1 fully saturated rings. The van der Waals surface area contributed by atoms with Crippen molar-refractivity contribution in [2.45, 2.75) is 18.5 Å². The molecule has 0 radical (unpaired) electrons. The Labute approximate surface area is 180 Å². The van der Waals surface area contributed by atoms with Crippen LogP contribution in [0.25, 0.3) is 0 Å². The zero-order valence-electron chi connectivity index (χ0n) is 17.0. The number of nitrogens with two attached hydrogens (primary N) is 1. The maximum absolute atomic E-state index is 12.5. The molecule has 2 amide bonds. The van der Waals surface area contributed by atoms with Gasteiger partial charge in [0.1, 0.15) is 5.54 Å². The van der Waals surface area contributed by atoms with Crippen LogP contribution in [-0.2, 0) is 9.59 Å². The minimum Gasteiger partial charge on any atom is -0.370 e. The maximum atomic E-state index is 12.5. The molecule has 0 spiro atoms. The number of para-hydroxylation sites is 2. The first kappa shape index (κ1) is 20.2. The van der Waals surface area contributed by atoms with Gasteiger partial charge in [-0.15, -0.1) is 0 Å². The Hall–Kier alpha value is -4.07. The normalized spacial score (nSPS) is 23.1. The summed E-state index contributed by atoms with van der Waals surface area (Å²) in [5.41, 5.74) is 7.32. The molecule has 1 heterocycles. The van der Waals surface area contributed by atoms with E-state index >= 15 is 0 Å². The first-order valence-corrected chi connectivity index (χ1v) is 9.95. The van der Waals surface area contributed by atoms with E-state index in [0.29, 0.717) is 11.3 Å². The zero-order valence-corrected chi connectivity index (χ0v) is 17.0. The van der Waals surface area contributed by atoms with Crippen LogP contribution >= 0.6 is 0 Å². The van der Waals surface area contributed by atoms with Gasteiger partial charge >= 0.3 is 0 Å². The van der Waals surface area contributed by atoms with E-state index in [2.05, 4.69) is 21.3 Å². The number of nitrogens with one attached hydrogen (secondary N) is 5. The van der Waals surface area contributed by atoms with Crippen molar-refractivity contribution in [3.8, 4) is 0 Å². The number of carbonyl (C=O) groups is 2. The molecule has 2 aromatic rings. The highest BCUT2D eigenvalue weighted by Gasteiger charge is 2.48. The van der Waals surface area contributed by atoms with E-state index in [1.807, 2.05) is 67.6 Å². The van der Waals surface area contributed by atoms with E-state index in [4.69, 9.17) is 11.1 Å². The van der Waals surface area contributed by atoms with Crippen molar-refractivity contribution in [2.75, 3.05) is 10.6 Å². The van der Waals surface area contributed by atoms with Crippen molar-refractivity contribution in [1.82, 2.24) is 10.6 Å². The summed E-state index contributed by atoms with van der Waals surface area (Å²) in [6.07, 6.45) is 3.52. The number of hydrogen-bond acceptors (Lipinski definition) is 5. The third-order valence-corrected chi connectivity index (χ3v) is 5.51. The molecule has 0 aromatic heterocycles. The summed E-state index contributed by atoms with van der Waals surface area (Å²) in [7, 11) is 0. The van der Waals surface area contributed by atoms with Crippen molar-refractivity contribution < 1.29 is 9.59 Å². The second-order valence-corrected chi connectivity index (χ2v) is 7.61. The van der Waals surface area contributed by atoms with Crippen LogP contribution in [0.3, 0.4) is 0 Å². The minimum atomic E-state index is -1.00. The summed E-state index contributed by atoms with van der Waals surface area (Å²) >= 11 is 0. The molecule has 1 aliphatic heterocycles. The van der Waals surface area contributed by atoms with Crippen molar-refractivity contribution in [1.29, 1.82) is 5.41 Å². The van der Waals surface area contributed by atoms with Crippen molar-refractivity contribution >= 4 is 29.1 Å². The number of carbonyl (C=O) groups excluding carboxylic acids is 2. The Morgan fingerprint density at radius 2 is 1.68 bits per heavy atom. The van der Waals surface area contributed by atoms with Crippen molar-refractivity contribution in [2.24, 2.45) is 11.7 Å². The van der Waals surface area contributed by atoms with Crippen molar-refractivity contribution in [3.63, 3.8) is 0 Å². The monoisotopic (exact) mass is 416 g/mol. The highest BCUT2D eigenvalue weighted by Crippen LogP contribution is 2.39. The van der Waals surface area contributed by atoms with Gasteiger partial charge in [0.2, 0.25) is 5.91 Å². The van der Waals surface area contributed by atoms with Crippen LogP contribution in [-0.4, -0.2) is 29.4 Å². The SMILES string of the molecule is CC(NC(=N)N)C1(Nc2ccccc2)C=C2C(=O)NC(=O)C2C=C1Nc1ccccc1. The van der Waals surface area contributed by atoms with E-state index in [-0.39, 0.29) is 11.9 Å². The van der Waals surface area contributed by atoms with Gasteiger partial charge < -0.3 is 21.7 Å². The smallest absolute Gasteiger partial charge is 0.254 e. The summed E-state index contributed by atoms with van der Waals surface area (Å²) in [5.74, 6) is -1.66. The van der Waals surface area contributed by atoms with Gasteiger partial charge in [-0.1, -0.05) is 36.4 Å². The lowest BCUT2D eigenvalue weighted by atomic mass is 9.77. The molecule has 2 aromatic carbocycles. The fourth-order valence-electron chi connectivity index (χ4n) is 3.99. The van der Waals surface area contributed by atoms with Gasteiger partial charge in [0.25, 0.3) is 5.91 Å². The van der Waals surface area contributed by atoms with Gasteiger partial charge in [-0.05, 0) is 43.3 Å². The largest absolute Gasteiger partial charge is 0.370 e. The lowest BCUT2D eigenvalue weighted by molar-refractivity contribution is -0.125. The van der Waals surface area contributed by atoms with Crippen LogP contribution in [0.2, 0.25) is 0 Å². The zero-order chi connectivity index (χ0) is 22.0. The van der Waals surface area contributed by atoms with Gasteiger partial charge in [-0.3, -0.25) is 20.3 Å². The minimum absolute atomic E-state index is 0.201. The summed E-state index contributed by atoms with van der Waals surface area (Å²) in [6, 6.07) is 18.6. The molecule has 4 rings (SSSR count). The summed E-state index contributed by atoms with van der Waals surface area (Å²) < 4.78 is 0. The molecule has 2 aliphatic rings. The number of imide groups is 1. The first-order valence-electron chi connectivity index (χ1n) is 9.95. The first-order chi connectivity index (χ1) is 14.9.